The fourth-order valence-corrected chi connectivity index (χ4v) is 3.14. The molecule has 1 fully saturated rings. The average molecular weight is 212 g/mol. The molecule has 1 rings (SSSR count). The molecule has 1 heterocycles. The molecule has 1 aliphatic heterocycles. The van der Waals surface area contributed by atoms with Crippen LogP contribution in [0.2, 0.25) is 0 Å². The highest BCUT2D eigenvalue weighted by atomic mass is 32.3. The molecule has 3 nitrogen and oxygen atoms in total. The zero-order chi connectivity index (χ0) is 8.48. The van der Waals surface area contributed by atoms with E-state index >= 15 is 0 Å². The van der Waals surface area contributed by atoms with Crippen molar-refractivity contribution in [2.75, 3.05) is 11.5 Å². The molecular formula is C5H10NO2S3+. The average Bonchev–Trinajstić information content (AvgIpc) is 2.08. The van der Waals surface area contributed by atoms with Crippen LogP contribution >= 0.6 is 24.8 Å². The smallest absolute Gasteiger partial charge is 0.216 e. The third kappa shape index (κ3) is 3.06. The summed E-state index contributed by atoms with van der Waals surface area (Å²) in [6.45, 7) is 0. The Labute approximate surface area is 77.6 Å². The number of nitrogens with one attached hydrogen (secondary N) is 1. The van der Waals surface area contributed by atoms with Gasteiger partial charge in [-0.05, 0) is 0 Å². The second kappa shape index (κ2) is 3.38. The lowest BCUT2D eigenvalue weighted by atomic mass is 10.3. The van der Waals surface area contributed by atoms with E-state index in [4.69, 9.17) is 4.55 Å². The highest BCUT2D eigenvalue weighted by Gasteiger charge is 2.38. The van der Waals surface area contributed by atoms with Crippen LogP contribution in [0.1, 0.15) is 6.42 Å². The summed E-state index contributed by atoms with van der Waals surface area (Å²) in [4.78, 5) is 0. The molecule has 64 valence electrons. The molecule has 0 radical (unpaired) electrons. The number of rotatable bonds is 1. The second-order valence-corrected chi connectivity index (χ2v) is 6.02. The van der Waals surface area contributed by atoms with Gasteiger partial charge in [-0.1, -0.05) is 16.4 Å². The SMILES string of the molecule is O=[S+]1(O)CC[C@@H](NC(=S)S)C1. The molecular weight excluding hydrogens is 202 g/mol. The Morgan fingerprint density at radius 3 is 2.82 bits per heavy atom. The summed E-state index contributed by atoms with van der Waals surface area (Å²) in [6, 6.07) is 0.0394. The third-order valence-corrected chi connectivity index (χ3v) is 3.62. The molecule has 0 spiro atoms. The van der Waals surface area contributed by atoms with Gasteiger partial charge in [0, 0.05) is 6.42 Å². The minimum atomic E-state index is -2.55. The molecule has 11 heavy (non-hydrogen) atoms. The topological polar surface area (TPSA) is 49.3 Å². The maximum absolute atomic E-state index is 11.0. The lowest BCUT2D eigenvalue weighted by Gasteiger charge is -2.06. The summed E-state index contributed by atoms with van der Waals surface area (Å²) in [6.07, 6.45) is 0.704. The molecule has 0 aromatic carbocycles. The second-order valence-electron chi connectivity index (χ2n) is 2.58. The molecule has 0 aromatic heterocycles. The lowest BCUT2D eigenvalue weighted by molar-refractivity contribution is 0.502. The fraction of sp³-hybridized carbons (Fsp3) is 0.800. The molecule has 6 heteroatoms. The first-order chi connectivity index (χ1) is 4.99. The van der Waals surface area contributed by atoms with E-state index in [2.05, 4.69) is 30.2 Å². The van der Waals surface area contributed by atoms with Gasteiger partial charge in [0.05, 0.1) is 6.04 Å². The molecule has 0 aliphatic carbocycles. The molecule has 2 atom stereocenters. The van der Waals surface area contributed by atoms with Crippen molar-refractivity contribution < 1.29 is 8.76 Å². The zero-order valence-electron chi connectivity index (χ0n) is 5.82. The number of hydrogen-bond donors (Lipinski definition) is 3. The van der Waals surface area contributed by atoms with Crippen LogP contribution in [0.4, 0.5) is 0 Å². The first-order valence-corrected chi connectivity index (χ1v) is 5.92. The largest absolute Gasteiger partial charge is 0.363 e. The van der Waals surface area contributed by atoms with E-state index in [0.29, 0.717) is 22.2 Å². The van der Waals surface area contributed by atoms with Crippen LogP contribution in [-0.2, 0) is 14.4 Å². The predicted molar refractivity (Wildman–Crippen MR) is 53.5 cm³/mol. The van der Waals surface area contributed by atoms with Crippen molar-refractivity contribution in [3.05, 3.63) is 0 Å². The Kier molecular flexibility index (Phi) is 2.90. The van der Waals surface area contributed by atoms with E-state index in [9.17, 15) is 4.21 Å². The zero-order valence-corrected chi connectivity index (χ0v) is 8.35. The van der Waals surface area contributed by atoms with E-state index in [0.717, 1.165) is 0 Å². The van der Waals surface area contributed by atoms with Gasteiger partial charge in [0.15, 0.2) is 5.75 Å². The van der Waals surface area contributed by atoms with E-state index in [1.165, 1.54) is 0 Å². The molecule has 0 aromatic rings. The molecule has 1 saturated heterocycles. The van der Waals surface area contributed by atoms with Crippen molar-refractivity contribution in [1.29, 1.82) is 0 Å². The van der Waals surface area contributed by atoms with Gasteiger partial charge in [-0.3, -0.25) is 0 Å². The first kappa shape index (κ1) is 9.44. The van der Waals surface area contributed by atoms with Gasteiger partial charge in [0.2, 0.25) is 10.2 Å². The molecule has 0 amide bonds. The Balaban J connectivity index is 2.43. The minimum absolute atomic E-state index is 0.0394. The molecule has 0 bridgehead atoms. The summed E-state index contributed by atoms with van der Waals surface area (Å²) >= 11 is 8.56. The van der Waals surface area contributed by atoms with Crippen molar-refractivity contribution in [1.82, 2.24) is 5.32 Å². The Hall–Kier alpha value is 0.350. The monoisotopic (exact) mass is 212 g/mol. The minimum Gasteiger partial charge on any atom is -0.363 e. The molecule has 1 aliphatic rings. The molecule has 2 N–H and O–H groups in total. The Morgan fingerprint density at radius 2 is 2.45 bits per heavy atom. The summed E-state index contributed by atoms with van der Waals surface area (Å²) in [5.41, 5.74) is 0. The Bertz CT molecular complexity index is 218. The Morgan fingerprint density at radius 1 is 1.82 bits per heavy atom. The number of thiocarbonyl (C=S) groups is 1. The highest BCUT2D eigenvalue weighted by molar-refractivity contribution is 8.11. The van der Waals surface area contributed by atoms with Crippen LogP contribution < -0.4 is 5.32 Å². The quantitative estimate of drug-likeness (QED) is 0.337. The van der Waals surface area contributed by atoms with E-state index < -0.39 is 10.2 Å². The number of hydrogen-bond acceptors (Lipinski definition) is 2. The third-order valence-electron chi connectivity index (χ3n) is 1.57. The van der Waals surface area contributed by atoms with Crippen LogP contribution in [0.5, 0.6) is 0 Å². The maximum atomic E-state index is 11.0. The summed E-state index contributed by atoms with van der Waals surface area (Å²) in [5, 5.41) is 2.85. The van der Waals surface area contributed by atoms with Crippen LogP contribution in [0.25, 0.3) is 0 Å². The first-order valence-electron chi connectivity index (χ1n) is 3.21. The van der Waals surface area contributed by atoms with Gasteiger partial charge in [-0.25, -0.2) is 0 Å². The van der Waals surface area contributed by atoms with Gasteiger partial charge in [-0.15, -0.1) is 12.6 Å². The van der Waals surface area contributed by atoms with Gasteiger partial charge < -0.3 is 5.32 Å². The lowest BCUT2D eigenvalue weighted by Crippen LogP contribution is -2.32. The fourth-order valence-electron chi connectivity index (χ4n) is 1.10. The molecule has 1 unspecified atom stereocenters. The highest BCUT2D eigenvalue weighted by Crippen LogP contribution is 2.16. The van der Waals surface area contributed by atoms with Crippen molar-refractivity contribution in [2.45, 2.75) is 12.5 Å². The maximum Gasteiger partial charge on any atom is 0.216 e. The predicted octanol–water partition coefficient (Wildman–Crippen LogP) is 0.536. The summed E-state index contributed by atoms with van der Waals surface area (Å²) in [5.74, 6) is 0.675. The van der Waals surface area contributed by atoms with Crippen molar-refractivity contribution >= 4 is 39.4 Å². The normalized spacial score (nSPS) is 37.1. The van der Waals surface area contributed by atoms with Crippen LogP contribution in [0.15, 0.2) is 0 Å². The molecule has 0 saturated carbocycles. The van der Waals surface area contributed by atoms with Crippen molar-refractivity contribution in [3.63, 3.8) is 0 Å². The van der Waals surface area contributed by atoms with Gasteiger partial charge in [0.1, 0.15) is 10.1 Å². The summed E-state index contributed by atoms with van der Waals surface area (Å²) in [7, 11) is -2.55. The van der Waals surface area contributed by atoms with Gasteiger partial charge in [-0.2, -0.15) is 4.55 Å². The standard InChI is InChI=1S/C5H9NO2S3/c7-11(8)2-1-4(3-11)6-5(9)10/h4H,1-3H2,(H2-,6,7,8,9,10)/p+1/t4-/m1/s1. The van der Waals surface area contributed by atoms with E-state index in [1.807, 2.05) is 0 Å². The van der Waals surface area contributed by atoms with Gasteiger partial charge in [0.25, 0.3) is 0 Å². The van der Waals surface area contributed by atoms with Crippen molar-refractivity contribution in [2.24, 2.45) is 0 Å². The van der Waals surface area contributed by atoms with Crippen LogP contribution in [-0.4, -0.2) is 26.4 Å². The van der Waals surface area contributed by atoms with E-state index in [-0.39, 0.29) is 6.04 Å². The number of thiol groups is 1. The van der Waals surface area contributed by atoms with Crippen molar-refractivity contribution in [3.8, 4) is 0 Å². The van der Waals surface area contributed by atoms with Crippen LogP contribution in [0, 0.1) is 0 Å². The van der Waals surface area contributed by atoms with Gasteiger partial charge >= 0.3 is 0 Å². The summed E-state index contributed by atoms with van der Waals surface area (Å²) < 4.78 is 20.5. The van der Waals surface area contributed by atoms with Crippen LogP contribution in [0.3, 0.4) is 0 Å². The van der Waals surface area contributed by atoms with E-state index in [1.54, 1.807) is 0 Å².